The second-order valence-corrected chi connectivity index (χ2v) is 6.88. The fourth-order valence-electron chi connectivity index (χ4n) is 1.38. The summed E-state index contributed by atoms with van der Waals surface area (Å²) in [7, 11) is -3.81. The standard InChI is InChI=1S/C10H9Cl2N3O2S2/c11-7-4-8(12)9(3-6(7)5-13)19(16,17)15-10-14-1-2-18-10/h1-4H,5,13H2,(H,14,15). The molecule has 1 aromatic carbocycles. The van der Waals surface area contributed by atoms with Gasteiger partial charge in [-0.3, -0.25) is 4.72 Å². The van der Waals surface area contributed by atoms with Gasteiger partial charge in [0.05, 0.1) is 5.02 Å². The van der Waals surface area contributed by atoms with Crippen molar-refractivity contribution in [2.75, 3.05) is 4.72 Å². The molecule has 1 heterocycles. The number of sulfonamides is 1. The van der Waals surface area contributed by atoms with E-state index >= 15 is 0 Å². The van der Waals surface area contributed by atoms with E-state index in [4.69, 9.17) is 28.9 Å². The lowest BCUT2D eigenvalue weighted by Crippen LogP contribution is -2.14. The Hall–Kier alpha value is -0.860. The molecule has 102 valence electrons. The number of nitrogens with one attached hydrogen (secondary N) is 1. The van der Waals surface area contributed by atoms with E-state index in [-0.39, 0.29) is 21.6 Å². The zero-order chi connectivity index (χ0) is 14.0. The van der Waals surface area contributed by atoms with Gasteiger partial charge in [0.1, 0.15) is 4.90 Å². The van der Waals surface area contributed by atoms with Crippen molar-refractivity contribution >= 4 is 49.7 Å². The van der Waals surface area contributed by atoms with Crippen molar-refractivity contribution in [1.82, 2.24) is 4.98 Å². The fraction of sp³-hybridized carbons (Fsp3) is 0.100. The van der Waals surface area contributed by atoms with Crippen molar-refractivity contribution in [3.05, 3.63) is 39.3 Å². The van der Waals surface area contributed by atoms with E-state index < -0.39 is 10.0 Å². The van der Waals surface area contributed by atoms with Crippen LogP contribution in [0.15, 0.2) is 28.6 Å². The second kappa shape index (κ2) is 5.64. The Morgan fingerprint density at radius 3 is 2.63 bits per heavy atom. The van der Waals surface area contributed by atoms with Crippen LogP contribution in [0.1, 0.15) is 5.56 Å². The summed E-state index contributed by atoms with van der Waals surface area (Å²) in [5.41, 5.74) is 6.00. The van der Waals surface area contributed by atoms with E-state index in [2.05, 4.69) is 9.71 Å². The summed E-state index contributed by atoms with van der Waals surface area (Å²) in [5.74, 6) is 0. The summed E-state index contributed by atoms with van der Waals surface area (Å²) in [6, 6.07) is 2.72. The van der Waals surface area contributed by atoms with Crippen LogP contribution in [-0.4, -0.2) is 13.4 Å². The van der Waals surface area contributed by atoms with Gasteiger partial charge in [0.2, 0.25) is 0 Å². The maximum atomic E-state index is 12.2. The lowest BCUT2D eigenvalue weighted by atomic mass is 10.2. The van der Waals surface area contributed by atoms with Gasteiger partial charge in [-0.2, -0.15) is 0 Å². The van der Waals surface area contributed by atoms with Crippen LogP contribution in [0, 0.1) is 0 Å². The SMILES string of the molecule is NCc1cc(S(=O)(=O)Nc2nccs2)c(Cl)cc1Cl. The highest BCUT2D eigenvalue weighted by Crippen LogP contribution is 2.30. The molecule has 19 heavy (non-hydrogen) atoms. The van der Waals surface area contributed by atoms with Crippen molar-refractivity contribution < 1.29 is 8.42 Å². The average molecular weight is 338 g/mol. The summed E-state index contributed by atoms with van der Waals surface area (Å²) in [5, 5.41) is 2.29. The first-order valence-electron chi connectivity index (χ1n) is 5.04. The van der Waals surface area contributed by atoms with Gasteiger partial charge >= 0.3 is 0 Å². The molecule has 0 aliphatic carbocycles. The Morgan fingerprint density at radius 1 is 1.32 bits per heavy atom. The minimum Gasteiger partial charge on any atom is -0.326 e. The number of nitrogens with zero attached hydrogens (tertiary/aromatic N) is 1. The van der Waals surface area contributed by atoms with Gasteiger partial charge in [-0.15, -0.1) is 11.3 Å². The third kappa shape index (κ3) is 3.18. The van der Waals surface area contributed by atoms with Crippen LogP contribution in [0.4, 0.5) is 5.13 Å². The van der Waals surface area contributed by atoms with Gasteiger partial charge in [-0.05, 0) is 17.7 Å². The Labute approximate surface area is 124 Å². The molecule has 9 heteroatoms. The minimum absolute atomic E-state index is 0.0336. The molecule has 0 aliphatic heterocycles. The van der Waals surface area contributed by atoms with Crippen LogP contribution in [0.2, 0.25) is 10.0 Å². The van der Waals surface area contributed by atoms with E-state index in [1.54, 1.807) is 5.38 Å². The third-order valence-electron chi connectivity index (χ3n) is 2.26. The molecule has 0 aliphatic rings. The van der Waals surface area contributed by atoms with E-state index in [1.807, 2.05) is 0 Å². The number of rotatable bonds is 4. The highest BCUT2D eigenvalue weighted by atomic mass is 35.5. The van der Waals surface area contributed by atoms with Crippen molar-refractivity contribution in [2.45, 2.75) is 11.4 Å². The quantitative estimate of drug-likeness (QED) is 0.898. The molecular weight excluding hydrogens is 329 g/mol. The topological polar surface area (TPSA) is 85.1 Å². The number of benzene rings is 1. The van der Waals surface area contributed by atoms with Gasteiger partial charge < -0.3 is 5.73 Å². The summed E-state index contributed by atoms with van der Waals surface area (Å²) in [4.78, 5) is 3.78. The molecule has 0 amide bonds. The largest absolute Gasteiger partial charge is 0.326 e. The van der Waals surface area contributed by atoms with Crippen molar-refractivity contribution in [2.24, 2.45) is 5.73 Å². The molecule has 0 saturated heterocycles. The number of nitrogens with two attached hydrogens (primary N) is 1. The average Bonchev–Trinajstić information content (AvgIpc) is 2.80. The molecule has 0 bridgehead atoms. The lowest BCUT2D eigenvalue weighted by Gasteiger charge is -2.10. The van der Waals surface area contributed by atoms with E-state index in [1.165, 1.54) is 29.7 Å². The van der Waals surface area contributed by atoms with Crippen LogP contribution in [-0.2, 0) is 16.6 Å². The molecule has 3 N–H and O–H groups in total. The van der Waals surface area contributed by atoms with Gasteiger partial charge in [0, 0.05) is 23.1 Å². The van der Waals surface area contributed by atoms with Crippen molar-refractivity contribution in [3.8, 4) is 0 Å². The highest BCUT2D eigenvalue weighted by molar-refractivity contribution is 7.93. The fourth-order valence-corrected chi connectivity index (χ4v) is 4.04. The van der Waals surface area contributed by atoms with E-state index in [0.29, 0.717) is 10.6 Å². The van der Waals surface area contributed by atoms with Crippen LogP contribution in [0.3, 0.4) is 0 Å². The Bertz CT molecular complexity index is 687. The first-order chi connectivity index (χ1) is 8.94. The molecule has 0 unspecified atom stereocenters. The predicted molar refractivity (Wildman–Crippen MR) is 77.3 cm³/mol. The van der Waals surface area contributed by atoms with Crippen LogP contribution in [0.5, 0.6) is 0 Å². The summed E-state index contributed by atoms with van der Waals surface area (Å²) in [6.45, 7) is 0.121. The molecule has 2 aromatic rings. The molecule has 2 rings (SSSR count). The number of hydrogen-bond donors (Lipinski definition) is 2. The Morgan fingerprint density at radius 2 is 2.05 bits per heavy atom. The summed E-state index contributed by atoms with van der Waals surface area (Å²) in [6.07, 6.45) is 1.50. The summed E-state index contributed by atoms with van der Waals surface area (Å²) < 4.78 is 26.7. The lowest BCUT2D eigenvalue weighted by molar-refractivity contribution is 0.601. The Balaban J connectivity index is 2.45. The molecule has 0 atom stereocenters. The van der Waals surface area contributed by atoms with Crippen molar-refractivity contribution in [1.29, 1.82) is 0 Å². The minimum atomic E-state index is -3.81. The maximum absolute atomic E-state index is 12.2. The number of hydrogen-bond acceptors (Lipinski definition) is 5. The second-order valence-electron chi connectivity index (χ2n) is 3.52. The smallest absolute Gasteiger partial charge is 0.265 e. The van der Waals surface area contributed by atoms with Crippen LogP contribution < -0.4 is 10.5 Å². The Kier molecular flexibility index (Phi) is 4.32. The number of halogens is 2. The molecule has 5 nitrogen and oxygen atoms in total. The maximum Gasteiger partial charge on any atom is 0.265 e. The normalized spacial score (nSPS) is 11.5. The molecule has 0 fully saturated rings. The molecular formula is C10H9Cl2N3O2S2. The highest BCUT2D eigenvalue weighted by Gasteiger charge is 2.20. The monoisotopic (exact) mass is 337 g/mol. The van der Waals surface area contributed by atoms with Crippen LogP contribution >= 0.6 is 34.5 Å². The number of thiazole rings is 1. The third-order valence-corrected chi connectivity index (χ3v) is 5.24. The van der Waals surface area contributed by atoms with Gasteiger partial charge in [-0.25, -0.2) is 13.4 Å². The van der Waals surface area contributed by atoms with Gasteiger partial charge in [0.25, 0.3) is 10.0 Å². The van der Waals surface area contributed by atoms with E-state index in [0.717, 1.165) is 0 Å². The number of anilines is 1. The predicted octanol–water partition coefficient (Wildman–Crippen LogP) is 2.71. The van der Waals surface area contributed by atoms with Crippen LogP contribution in [0.25, 0.3) is 0 Å². The molecule has 0 saturated carbocycles. The van der Waals surface area contributed by atoms with Gasteiger partial charge in [-0.1, -0.05) is 23.2 Å². The molecule has 1 aromatic heterocycles. The van der Waals surface area contributed by atoms with Crippen molar-refractivity contribution in [3.63, 3.8) is 0 Å². The zero-order valence-corrected chi connectivity index (χ0v) is 12.6. The molecule has 0 spiro atoms. The van der Waals surface area contributed by atoms with Gasteiger partial charge in [0.15, 0.2) is 5.13 Å². The zero-order valence-electron chi connectivity index (χ0n) is 9.43. The first-order valence-corrected chi connectivity index (χ1v) is 8.16. The number of aromatic nitrogens is 1. The summed E-state index contributed by atoms with van der Waals surface area (Å²) >= 11 is 13.0. The first kappa shape index (κ1) is 14.5. The van der Waals surface area contributed by atoms with E-state index in [9.17, 15) is 8.42 Å². The molecule has 0 radical (unpaired) electrons.